The molecular formula is C22H25N3O2S. The van der Waals surface area contributed by atoms with Gasteiger partial charge in [-0.15, -0.1) is 11.3 Å². The summed E-state index contributed by atoms with van der Waals surface area (Å²) in [6, 6.07) is 13.5. The maximum absolute atomic E-state index is 13.1. The third-order valence-corrected chi connectivity index (χ3v) is 6.34. The molecule has 0 radical (unpaired) electrons. The van der Waals surface area contributed by atoms with E-state index >= 15 is 0 Å². The lowest BCUT2D eigenvalue weighted by Gasteiger charge is -2.36. The molecular weight excluding hydrogens is 370 g/mol. The van der Waals surface area contributed by atoms with Crippen molar-refractivity contribution in [2.45, 2.75) is 20.4 Å². The van der Waals surface area contributed by atoms with Gasteiger partial charge in [0.25, 0.3) is 5.91 Å². The number of amides is 1. The van der Waals surface area contributed by atoms with Crippen LogP contribution < -0.4 is 4.90 Å². The molecule has 28 heavy (non-hydrogen) atoms. The highest BCUT2D eigenvalue weighted by molar-refractivity contribution is 7.09. The molecule has 6 heteroatoms. The lowest BCUT2D eigenvalue weighted by Crippen LogP contribution is -2.48. The van der Waals surface area contributed by atoms with Crippen LogP contribution in [0.1, 0.15) is 26.6 Å². The zero-order chi connectivity index (χ0) is 19.7. The molecule has 1 amide bonds. The molecule has 0 atom stereocenters. The minimum absolute atomic E-state index is 0.121. The summed E-state index contributed by atoms with van der Waals surface area (Å²) in [5.41, 5.74) is 4.06. The summed E-state index contributed by atoms with van der Waals surface area (Å²) in [6.45, 7) is 7.93. The van der Waals surface area contributed by atoms with Crippen molar-refractivity contribution in [3.8, 4) is 5.75 Å². The molecule has 1 aliphatic rings. The van der Waals surface area contributed by atoms with E-state index in [1.165, 1.54) is 4.88 Å². The number of carbonyl (C=O) groups excluding carboxylic acids is 1. The molecule has 146 valence electrons. The quantitative estimate of drug-likeness (QED) is 0.729. The number of piperazine rings is 1. The van der Waals surface area contributed by atoms with E-state index in [0.717, 1.165) is 42.3 Å². The average molecular weight is 396 g/mol. The second-order valence-corrected chi connectivity index (χ2v) is 8.28. The molecule has 3 heterocycles. The smallest absolute Gasteiger partial charge is 0.255 e. The number of aryl methyl sites for hydroxylation is 1. The van der Waals surface area contributed by atoms with E-state index in [9.17, 15) is 9.90 Å². The standard InChI is InChI=1S/C22H25N3O2S/c1-16-14-21(17(2)25(16)15-20-4-3-13-28-20)22(27)24-11-9-23(10-12-24)18-5-7-19(26)8-6-18/h3-8,13-14,26H,9-12,15H2,1-2H3. The van der Waals surface area contributed by atoms with Crippen molar-refractivity contribution in [1.82, 2.24) is 9.47 Å². The van der Waals surface area contributed by atoms with Crippen molar-refractivity contribution in [2.75, 3.05) is 31.1 Å². The Balaban J connectivity index is 1.45. The zero-order valence-corrected chi connectivity index (χ0v) is 17.1. The summed E-state index contributed by atoms with van der Waals surface area (Å²) in [7, 11) is 0. The highest BCUT2D eigenvalue weighted by Crippen LogP contribution is 2.23. The van der Waals surface area contributed by atoms with Gasteiger partial charge < -0.3 is 19.5 Å². The molecule has 0 bridgehead atoms. The molecule has 0 spiro atoms. The van der Waals surface area contributed by atoms with E-state index in [2.05, 4.69) is 33.9 Å². The summed E-state index contributed by atoms with van der Waals surface area (Å²) < 4.78 is 2.23. The van der Waals surface area contributed by atoms with Gasteiger partial charge in [-0.3, -0.25) is 4.79 Å². The Labute approximate surface area is 169 Å². The molecule has 1 saturated heterocycles. The minimum atomic E-state index is 0.121. The summed E-state index contributed by atoms with van der Waals surface area (Å²) in [4.78, 5) is 18.6. The summed E-state index contributed by atoms with van der Waals surface area (Å²) in [5, 5.41) is 11.5. The van der Waals surface area contributed by atoms with E-state index < -0.39 is 0 Å². The zero-order valence-electron chi connectivity index (χ0n) is 16.3. The number of anilines is 1. The predicted molar refractivity (Wildman–Crippen MR) is 114 cm³/mol. The summed E-state index contributed by atoms with van der Waals surface area (Å²) in [6.07, 6.45) is 0. The first-order chi connectivity index (χ1) is 13.5. The molecule has 0 saturated carbocycles. The van der Waals surface area contributed by atoms with Gasteiger partial charge in [0, 0.05) is 48.1 Å². The molecule has 1 aliphatic heterocycles. The Morgan fingerprint density at radius 1 is 1.07 bits per heavy atom. The third-order valence-electron chi connectivity index (χ3n) is 5.48. The normalized spacial score (nSPS) is 14.5. The fraction of sp³-hybridized carbons (Fsp3) is 0.318. The maximum Gasteiger partial charge on any atom is 0.255 e. The van der Waals surface area contributed by atoms with Gasteiger partial charge in [-0.05, 0) is 55.6 Å². The van der Waals surface area contributed by atoms with Gasteiger partial charge in [0.05, 0.1) is 12.1 Å². The van der Waals surface area contributed by atoms with E-state index in [0.29, 0.717) is 13.1 Å². The van der Waals surface area contributed by atoms with Crippen LogP contribution in [0.4, 0.5) is 5.69 Å². The Bertz CT molecular complexity index is 953. The number of phenols is 1. The second kappa shape index (κ2) is 7.72. The number of nitrogens with zero attached hydrogens (tertiary/aromatic N) is 3. The average Bonchev–Trinajstić information content (AvgIpc) is 3.32. The van der Waals surface area contributed by atoms with E-state index in [-0.39, 0.29) is 11.7 Å². The fourth-order valence-corrected chi connectivity index (χ4v) is 4.51. The van der Waals surface area contributed by atoms with Crippen molar-refractivity contribution in [2.24, 2.45) is 0 Å². The number of hydrogen-bond acceptors (Lipinski definition) is 4. The van der Waals surface area contributed by atoms with Crippen LogP contribution >= 0.6 is 11.3 Å². The van der Waals surface area contributed by atoms with Crippen LogP contribution in [-0.4, -0.2) is 46.7 Å². The van der Waals surface area contributed by atoms with Crippen LogP contribution in [-0.2, 0) is 6.54 Å². The van der Waals surface area contributed by atoms with E-state index in [1.807, 2.05) is 30.0 Å². The van der Waals surface area contributed by atoms with Crippen LogP contribution in [0.25, 0.3) is 0 Å². The lowest BCUT2D eigenvalue weighted by atomic mass is 10.2. The largest absolute Gasteiger partial charge is 0.508 e. The molecule has 5 nitrogen and oxygen atoms in total. The topological polar surface area (TPSA) is 48.7 Å². The van der Waals surface area contributed by atoms with Crippen molar-refractivity contribution in [3.05, 3.63) is 69.7 Å². The number of carbonyl (C=O) groups is 1. The number of rotatable bonds is 4. The van der Waals surface area contributed by atoms with Crippen molar-refractivity contribution < 1.29 is 9.90 Å². The molecule has 2 aromatic heterocycles. The second-order valence-electron chi connectivity index (χ2n) is 7.25. The van der Waals surface area contributed by atoms with Crippen LogP contribution in [0, 0.1) is 13.8 Å². The van der Waals surface area contributed by atoms with Gasteiger partial charge >= 0.3 is 0 Å². The van der Waals surface area contributed by atoms with Crippen molar-refractivity contribution in [1.29, 1.82) is 0 Å². The minimum Gasteiger partial charge on any atom is -0.508 e. The van der Waals surface area contributed by atoms with E-state index in [4.69, 9.17) is 0 Å². The number of aromatic nitrogens is 1. The molecule has 0 unspecified atom stereocenters. The molecule has 1 N–H and O–H groups in total. The highest BCUT2D eigenvalue weighted by Gasteiger charge is 2.25. The fourth-order valence-electron chi connectivity index (χ4n) is 3.82. The van der Waals surface area contributed by atoms with Gasteiger partial charge in [0.15, 0.2) is 0 Å². The van der Waals surface area contributed by atoms with Gasteiger partial charge in [0.1, 0.15) is 5.75 Å². The predicted octanol–water partition coefficient (Wildman–Crippen LogP) is 3.88. The number of phenolic OH excluding ortho intramolecular Hbond substituents is 1. The van der Waals surface area contributed by atoms with Crippen molar-refractivity contribution >= 4 is 22.9 Å². The number of aromatic hydroxyl groups is 1. The Morgan fingerprint density at radius 2 is 1.79 bits per heavy atom. The van der Waals surface area contributed by atoms with Gasteiger partial charge in [0.2, 0.25) is 0 Å². The summed E-state index contributed by atoms with van der Waals surface area (Å²) in [5.74, 6) is 0.395. The molecule has 3 aromatic rings. The Hall–Kier alpha value is -2.73. The number of hydrogen-bond donors (Lipinski definition) is 1. The summed E-state index contributed by atoms with van der Waals surface area (Å²) >= 11 is 1.74. The maximum atomic E-state index is 13.1. The SMILES string of the molecule is Cc1cc(C(=O)N2CCN(c3ccc(O)cc3)CC2)c(C)n1Cc1cccs1. The van der Waals surface area contributed by atoms with Crippen LogP contribution in [0.15, 0.2) is 47.8 Å². The molecule has 1 aromatic carbocycles. The van der Waals surface area contributed by atoms with Gasteiger partial charge in [-0.1, -0.05) is 6.07 Å². The first kappa shape index (κ1) is 18.6. The highest BCUT2D eigenvalue weighted by atomic mass is 32.1. The van der Waals surface area contributed by atoms with Crippen LogP contribution in [0.2, 0.25) is 0 Å². The number of benzene rings is 1. The molecule has 1 fully saturated rings. The monoisotopic (exact) mass is 395 g/mol. The van der Waals surface area contributed by atoms with Crippen LogP contribution in [0.5, 0.6) is 5.75 Å². The molecule has 0 aliphatic carbocycles. The first-order valence-electron chi connectivity index (χ1n) is 9.55. The van der Waals surface area contributed by atoms with Crippen LogP contribution in [0.3, 0.4) is 0 Å². The Morgan fingerprint density at radius 3 is 2.43 bits per heavy atom. The first-order valence-corrected chi connectivity index (χ1v) is 10.4. The van der Waals surface area contributed by atoms with Gasteiger partial charge in [-0.2, -0.15) is 0 Å². The Kier molecular flexibility index (Phi) is 5.13. The van der Waals surface area contributed by atoms with E-state index in [1.54, 1.807) is 23.5 Å². The lowest BCUT2D eigenvalue weighted by molar-refractivity contribution is 0.0746. The van der Waals surface area contributed by atoms with Gasteiger partial charge in [-0.25, -0.2) is 0 Å². The van der Waals surface area contributed by atoms with Crippen molar-refractivity contribution in [3.63, 3.8) is 0 Å². The number of thiophene rings is 1. The molecule has 4 rings (SSSR count). The third kappa shape index (κ3) is 3.64.